The lowest BCUT2D eigenvalue weighted by Crippen LogP contribution is -2.51. The number of urea groups is 1. The Hall–Kier alpha value is -2.20. The molecule has 1 fully saturated rings. The minimum atomic E-state index is -1.07. The average molecular weight is 368 g/mol. The van der Waals surface area contributed by atoms with Crippen LogP contribution in [0.3, 0.4) is 0 Å². The Balaban J connectivity index is 2.01. The number of hydrogen-bond acceptors (Lipinski definition) is 7. The van der Waals surface area contributed by atoms with Crippen LogP contribution < -0.4 is 16.4 Å². The molecule has 0 saturated carbocycles. The van der Waals surface area contributed by atoms with Crippen molar-refractivity contribution < 1.29 is 19.1 Å². The number of carboxylic acids is 1. The molecule has 1 aromatic heterocycles. The fraction of sp³-hybridized carbons (Fsp3) is 0.750. The summed E-state index contributed by atoms with van der Waals surface area (Å²) >= 11 is 0. The molecular weight excluding hydrogens is 340 g/mol. The van der Waals surface area contributed by atoms with Gasteiger partial charge in [-0.2, -0.15) is 0 Å². The molecule has 5 N–H and O–H groups in total. The van der Waals surface area contributed by atoms with Crippen LogP contribution in [0.5, 0.6) is 0 Å². The van der Waals surface area contributed by atoms with Crippen molar-refractivity contribution in [2.24, 2.45) is 5.73 Å². The lowest BCUT2D eigenvalue weighted by atomic mass is 10.1. The summed E-state index contributed by atoms with van der Waals surface area (Å²) < 4.78 is 5.57. The summed E-state index contributed by atoms with van der Waals surface area (Å²) in [6, 6.07) is -1.62. The number of carboxylic acid groups (broad SMARTS) is 1. The topological polar surface area (TPSA) is 147 Å². The normalized spacial score (nSPS) is 16.9. The zero-order valence-corrected chi connectivity index (χ0v) is 15.1. The fourth-order valence-electron chi connectivity index (χ4n) is 2.76. The Morgan fingerprint density at radius 3 is 2.65 bits per heavy atom. The quantitative estimate of drug-likeness (QED) is 0.468. The summed E-state index contributed by atoms with van der Waals surface area (Å²) in [5.74, 6) is -0.734. The highest BCUT2D eigenvalue weighted by Gasteiger charge is 2.27. The molecule has 0 bridgehead atoms. The number of nitrogens with zero attached hydrogens (tertiary/aromatic N) is 3. The summed E-state index contributed by atoms with van der Waals surface area (Å²) in [6.07, 6.45) is 3.47. The van der Waals surface area contributed by atoms with Crippen LogP contribution in [0.15, 0.2) is 4.42 Å². The Morgan fingerprint density at radius 2 is 2.00 bits per heavy atom. The highest BCUT2D eigenvalue weighted by molar-refractivity contribution is 5.76. The molecule has 1 aliphatic heterocycles. The Bertz CT molecular complexity index is 587. The number of nitrogens with two attached hydrogens (primary N) is 1. The summed E-state index contributed by atoms with van der Waals surface area (Å²) in [7, 11) is 0. The summed E-state index contributed by atoms with van der Waals surface area (Å²) in [4.78, 5) is 25.1. The van der Waals surface area contributed by atoms with Crippen molar-refractivity contribution in [2.45, 2.75) is 51.1 Å². The molecule has 2 rings (SSSR count). The van der Waals surface area contributed by atoms with E-state index in [1.165, 1.54) is 0 Å². The molecule has 1 saturated heterocycles. The van der Waals surface area contributed by atoms with E-state index in [9.17, 15) is 9.59 Å². The lowest BCUT2D eigenvalue weighted by Gasteiger charge is -2.28. The number of amides is 2. The number of aliphatic carboxylic acids is 1. The molecule has 2 amide bonds. The van der Waals surface area contributed by atoms with Gasteiger partial charge in [-0.15, -0.1) is 10.2 Å². The largest absolute Gasteiger partial charge is 0.481 e. The number of rotatable bonds is 9. The van der Waals surface area contributed by atoms with E-state index in [4.69, 9.17) is 15.3 Å². The second-order valence-electron chi connectivity index (χ2n) is 6.42. The van der Waals surface area contributed by atoms with Gasteiger partial charge >= 0.3 is 12.0 Å². The Kier molecular flexibility index (Phi) is 7.79. The summed E-state index contributed by atoms with van der Waals surface area (Å²) in [6.45, 7) is 4.63. The minimum Gasteiger partial charge on any atom is -0.481 e. The maximum absolute atomic E-state index is 12.4. The second-order valence-corrected chi connectivity index (χ2v) is 6.42. The van der Waals surface area contributed by atoms with Crippen molar-refractivity contribution in [3.63, 3.8) is 0 Å². The SMILES string of the molecule is CCCCC[C@H](N)c1nnc([C@H](CC(=O)O)NC(=O)N2CCNCC2)o1. The molecule has 0 unspecified atom stereocenters. The molecule has 10 heteroatoms. The van der Waals surface area contributed by atoms with E-state index in [2.05, 4.69) is 27.8 Å². The van der Waals surface area contributed by atoms with Crippen LogP contribution in [0.1, 0.15) is 62.9 Å². The van der Waals surface area contributed by atoms with E-state index in [1.54, 1.807) is 4.90 Å². The summed E-state index contributed by atoms with van der Waals surface area (Å²) in [5, 5.41) is 22.8. The van der Waals surface area contributed by atoms with E-state index in [1.807, 2.05) is 0 Å². The molecule has 10 nitrogen and oxygen atoms in total. The van der Waals surface area contributed by atoms with Crippen LogP contribution in [0.25, 0.3) is 0 Å². The van der Waals surface area contributed by atoms with Gasteiger partial charge in [-0.1, -0.05) is 26.2 Å². The first-order chi connectivity index (χ1) is 12.5. The van der Waals surface area contributed by atoms with Crippen molar-refractivity contribution in [3.8, 4) is 0 Å². The van der Waals surface area contributed by atoms with E-state index in [-0.39, 0.29) is 24.2 Å². The molecular formula is C16H28N6O4. The third kappa shape index (κ3) is 5.95. The molecule has 1 aliphatic rings. The van der Waals surface area contributed by atoms with Crippen molar-refractivity contribution >= 4 is 12.0 Å². The summed E-state index contributed by atoms with van der Waals surface area (Å²) in [5.41, 5.74) is 6.05. The number of carbonyl (C=O) groups is 2. The number of hydrogen-bond donors (Lipinski definition) is 4. The van der Waals surface area contributed by atoms with Gasteiger partial charge in [0.15, 0.2) is 0 Å². The number of nitrogens with one attached hydrogen (secondary N) is 2. The van der Waals surface area contributed by atoms with Crippen molar-refractivity contribution in [1.82, 2.24) is 25.7 Å². The molecule has 0 aromatic carbocycles. The van der Waals surface area contributed by atoms with Crippen molar-refractivity contribution in [2.75, 3.05) is 26.2 Å². The molecule has 2 heterocycles. The molecule has 0 spiro atoms. The van der Waals surface area contributed by atoms with Gasteiger partial charge in [-0.3, -0.25) is 4.79 Å². The highest BCUT2D eigenvalue weighted by Crippen LogP contribution is 2.21. The van der Waals surface area contributed by atoms with E-state index < -0.39 is 18.1 Å². The second kappa shape index (κ2) is 10.1. The monoisotopic (exact) mass is 368 g/mol. The third-order valence-electron chi connectivity index (χ3n) is 4.27. The fourth-order valence-corrected chi connectivity index (χ4v) is 2.76. The zero-order valence-electron chi connectivity index (χ0n) is 15.1. The van der Waals surface area contributed by atoms with Crippen LogP contribution in [0, 0.1) is 0 Å². The van der Waals surface area contributed by atoms with Gasteiger partial charge in [-0.25, -0.2) is 4.79 Å². The number of carbonyl (C=O) groups excluding carboxylic acids is 1. The van der Waals surface area contributed by atoms with E-state index in [0.717, 1.165) is 19.3 Å². The van der Waals surface area contributed by atoms with Gasteiger partial charge in [-0.05, 0) is 6.42 Å². The maximum Gasteiger partial charge on any atom is 0.318 e. The molecule has 0 radical (unpaired) electrons. The predicted octanol–water partition coefficient (Wildman–Crippen LogP) is 0.780. The Morgan fingerprint density at radius 1 is 1.31 bits per heavy atom. The van der Waals surface area contributed by atoms with Gasteiger partial charge in [0, 0.05) is 26.2 Å². The highest BCUT2D eigenvalue weighted by atomic mass is 16.4. The molecule has 2 atom stereocenters. The van der Waals surface area contributed by atoms with Crippen molar-refractivity contribution in [1.29, 1.82) is 0 Å². The average Bonchev–Trinajstić information content (AvgIpc) is 3.12. The molecule has 146 valence electrons. The first-order valence-electron chi connectivity index (χ1n) is 9.08. The van der Waals surface area contributed by atoms with E-state index in [0.29, 0.717) is 32.6 Å². The number of piperazine rings is 1. The molecule has 26 heavy (non-hydrogen) atoms. The van der Waals surface area contributed by atoms with Gasteiger partial charge < -0.3 is 30.8 Å². The molecule has 0 aliphatic carbocycles. The van der Waals surface area contributed by atoms with Gasteiger partial charge in [0.1, 0.15) is 6.04 Å². The first kappa shape index (κ1) is 20.1. The van der Waals surface area contributed by atoms with Gasteiger partial charge in [0.2, 0.25) is 11.8 Å². The maximum atomic E-state index is 12.4. The van der Waals surface area contributed by atoms with Gasteiger partial charge in [0.25, 0.3) is 0 Å². The lowest BCUT2D eigenvalue weighted by molar-refractivity contribution is -0.137. The minimum absolute atomic E-state index is 0.0665. The van der Waals surface area contributed by atoms with Crippen molar-refractivity contribution in [3.05, 3.63) is 11.8 Å². The van der Waals surface area contributed by atoms with Crippen LogP contribution in [0.2, 0.25) is 0 Å². The van der Waals surface area contributed by atoms with Gasteiger partial charge in [0.05, 0.1) is 12.5 Å². The smallest absolute Gasteiger partial charge is 0.318 e. The zero-order chi connectivity index (χ0) is 18.9. The van der Waals surface area contributed by atoms with Crippen LogP contribution in [0.4, 0.5) is 4.79 Å². The molecule has 1 aromatic rings. The Labute approximate surface area is 152 Å². The number of aromatic nitrogens is 2. The van der Waals surface area contributed by atoms with E-state index >= 15 is 0 Å². The third-order valence-corrected chi connectivity index (χ3v) is 4.27. The standard InChI is InChI=1S/C16H28N6O4/c1-2-3-4-5-11(17)14-20-21-15(26-14)12(10-13(23)24)19-16(25)22-8-6-18-7-9-22/h11-12,18H,2-10,17H2,1H3,(H,19,25)(H,23,24)/t11-,12-/m0/s1. The number of unbranched alkanes of at least 4 members (excludes halogenated alkanes) is 2. The van der Waals surface area contributed by atoms with Crippen LogP contribution >= 0.6 is 0 Å². The van der Waals surface area contributed by atoms with Crippen LogP contribution in [-0.2, 0) is 4.79 Å². The predicted molar refractivity (Wildman–Crippen MR) is 93.3 cm³/mol. The van der Waals surface area contributed by atoms with Crippen LogP contribution in [-0.4, -0.2) is 58.4 Å². The first-order valence-corrected chi connectivity index (χ1v) is 9.08.